The normalized spacial score (nSPS) is 44.1. The number of ketones is 2. The number of aliphatic hydroxyl groups is 3. The van der Waals surface area contributed by atoms with E-state index < -0.39 is 51.9 Å². The number of carbonyl (C=O) groups excluding carboxylic acids is 2. The second kappa shape index (κ2) is 8.85. The summed E-state index contributed by atoms with van der Waals surface area (Å²) in [5, 5.41) is 43.2. The Kier molecular flexibility index (Phi) is 6.74. The minimum Gasteiger partial charge on any atom is -0.481 e. The number of rotatable bonds is 5. The number of hydrogen-bond donors (Lipinski definition) is 4. The number of carbonyl (C=O) groups is 3. The Labute approximate surface area is 220 Å². The van der Waals surface area contributed by atoms with Crippen LogP contribution in [0.2, 0.25) is 0 Å². The quantitative estimate of drug-likeness (QED) is 0.408. The van der Waals surface area contributed by atoms with Crippen LogP contribution >= 0.6 is 0 Å². The Morgan fingerprint density at radius 3 is 2.27 bits per heavy atom. The lowest BCUT2D eigenvalue weighted by molar-refractivity contribution is -0.142. The first-order valence-electron chi connectivity index (χ1n) is 13.7. The first-order valence-corrected chi connectivity index (χ1v) is 13.7. The van der Waals surface area contributed by atoms with Gasteiger partial charge in [-0.25, -0.2) is 0 Å². The van der Waals surface area contributed by atoms with Gasteiger partial charge >= 0.3 is 5.97 Å². The molecule has 0 aromatic carbocycles. The van der Waals surface area contributed by atoms with Crippen LogP contribution in [-0.4, -0.2) is 56.3 Å². The average molecular weight is 517 g/mol. The van der Waals surface area contributed by atoms with Crippen LogP contribution in [0, 0.1) is 39.4 Å². The van der Waals surface area contributed by atoms with Crippen LogP contribution in [0.5, 0.6) is 0 Å². The van der Waals surface area contributed by atoms with Crippen LogP contribution in [0.4, 0.5) is 0 Å². The van der Waals surface area contributed by atoms with Crippen LogP contribution in [0.1, 0.15) is 87.0 Å². The maximum absolute atomic E-state index is 14.1. The molecule has 0 radical (unpaired) electrons. The van der Waals surface area contributed by atoms with Gasteiger partial charge in [0.2, 0.25) is 0 Å². The number of hydrogen-bond acceptors (Lipinski definition) is 6. The summed E-state index contributed by atoms with van der Waals surface area (Å²) in [4.78, 5) is 37.9. The summed E-state index contributed by atoms with van der Waals surface area (Å²) >= 11 is 0. The second-order valence-corrected chi connectivity index (χ2v) is 13.7. The summed E-state index contributed by atoms with van der Waals surface area (Å²) in [6.07, 6.45) is 1.39. The highest BCUT2D eigenvalue weighted by atomic mass is 16.4. The highest BCUT2D eigenvalue weighted by Crippen LogP contribution is 2.71. The summed E-state index contributed by atoms with van der Waals surface area (Å²) in [5.74, 6) is -2.44. The van der Waals surface area contributed by atoms with E-state index in [1.165, 1.54) is 13.0 Å². The van der Waals surface area contributed by atoms with E-state index in [9.17, 15) is 29.7 Å². The van der Waals surface area contributed by atoms with Gasteiger partial charge < -0.3 is 20.4 Å². The average Bonchev–Trinajstić information content (AvgIpc) is 2.99. The smallest absolute Gasteiger partial charge is 0.306 e. The van der Waals surface area contributed by atoms with Crippen LogP contribution in [0.15, 0.2) is 22.8 Å². The fourth-order valence-corrected chi connectivity index (χ4v) is 8.96. The predicted octanol–water partition coefficient (Wildman–Crippen LogP) is 3.84. The molecule has 0 aliphatic heterocycles. The van der Waals surface area contributed by atoms with Crippen molar-refractivity contribution in [1.82, 2.24) is 0 Å². The zero-order valence-electron chi connectivity index (χ0n) is 23.3. The zero-order valence-corrected chi connectivity index (χ0v) is 23.3. The van der Waals surface area contributed by atoms with Crippen molar-refractivity contribution in [2.45, 2.75) is 105 Å². The summed E-state index contributed by atoms with van der Waals surface area (Å²) < 4.78 is 0. The van der Waals surface area contributed by atoms with E-state index in [1.54, 1.807) is 0 Å². The van der Waals surface area contributed by atoms with E-state index in [1.807, 2.05) is 34.6 Å². The zero-order chi connectivity index (χ0) is 27.9. The van der Waals surface area contributed by atoms with Gasteiger partial charge in [-0.2, -0.15) is 0 Å². The van der Waals surface area contributed by atoms with E-state index >= 15 is 0 Å². The monoisotopic (exact) mass is 516 g/mol. The minimum atomic E-state index is -1.02. The van der Waals surface area contributed by atoms with Crippen molar-refractivity contribution in [3.63, 3.8) is 0 Å². The third-order valence-electron chi connectivity index (χ3n) is 11.4. The Balaban J connectivity index is 1.79. The molecule has 0 bridgehead atoms. The number of carboxylic acids is 1. The molecule has 9 atom stereocenters. The first kappa shape index (κ1) is 28.2. The van der Waals surface area contributed by atoms with Crippen LogP contribution < -0.4 is 0 Å². The van der Waals surface area contributed by atoms with Gasteiger partial charge in [-0.3, -0.25) is 14.4 Å². The summed E-state index contributed by atoms with van der Waals surface area (Å²) in [7, 11) is 0. The van der Waals surface area contributed by atoms with Crippen molar-refractivity contribution in [3.05, 3.63) is 22.8 Å². The first-order chi connectivity index (χ1) is 16.9. The molecule has 0 spiro atoms. The standard InChI is InChI=1S/C30H44O7/c1-15(10-17(31)11-16(2)26(36)37)18-12-23(35)30(7)25-19(32)13-21-27(3,4)22(34)8-9-28(21,5)24(25)20(33)14-29(18,30)6/h10,16,18-19,21-23,32,34-35H,8-9,11-14H2,1-7H3,(H,36,37)/b15-10+. The Morgan fingerprint density at radius 1 is 1.05 bits per heavy atom. The fourth-order valence-electron chi connectivity index (χ4n) is 8.96. The maximum atomic E-state index is 14.1. The van der Waals surface area contributed by atoms with Crippen molar-refractivity contribution in [1.29, 1.82) is 0 Å². The molecule has 2 fully saturated rings. The highest BCUT2D eigenvalue weighted by molar-refractivity contribution is 6.00. The Morgan fingerprint density at radius 2 is 1.68 bits per heavy atom. The molecule has 4 aliphatic carbocycles. The fraction of sp³-hybridized carbons (Fsp3) is 0.767. The molecule has 7 nitrogen and oxygen atoms in total. The SMILES string of the molecule is C/C(=C\C(=O)CC(C)C(=O)O)C1CC(O)C2(C)C3=C(C(=O)CC12C)C1(C)CCC(O)C(C)(C)C1CC3O. The lowest BCUT2D eigenvalue weighted by atomic mass is 9.42. The van der Waals surface area contributed by atoms with Crippen molar-refractivity contribution in [2.75, 3.05) is 0 Å². The topological polar surface area (TPSA) is 132 Å². The van der Waals surface area contributed by atoms with Crippen molar-refractivity contribution < 1.29 is 34.8 Å². The van der Waals surface area contributed by atoms with Gasteiger partial charge in [0.05, 0.1) is 24.2 Å². The van der Waals surface area contributed by atoms with Crippen molar-refractivity contribution in [3.8, 4) is 0 Å². The second-order valence-electron chi connectivity index (χ2n) is 13.7. The molecular weight excluding hydrogens is 472 g/mol. The number of Topliss-reactive ketones (excluding diaryl/α,β-unsaturated/α-hetero) is 1. The lowest BCUT2D eigenvalue weighted by Gasteiger charge is -2.62. The molecular formula is C30H44O7. The van der Waals surface area contributed by atoms with Gasteiger partial charge in [0.25, 0.3) is 0 Å². The van der Waals surface area contributed by atoms with E-state index in [4.69, 9.17) is 5.11 Å². The molecule has 0 heterocycles. The van der Waals surface area contributed by atoms with E-state index in [0.717, 1.165) is 5.57 Å². The van der Waals surface area contributed by atoms with Crippen molar-refractivity contribution >= 4 is 17.5 Å². The molecule has 0 aromatic heterocycles. The highest BCUT2D eigenvalue weighted by Gasteiger charge is 2.69. The number of carboxylic acid groups (broad SMARTS) is 1. The maximum Gasteiger partial charge on any atom is 0.306 e. The summed E-state index contributed by atoms with van der Waals surface area (Å²) in [6.45, 7) is 13.4. The molecule has 4 N–H and O–H groups in total. The van der Waals surface area contributed by atoms with Gasteiger partial charge in [0.15, 0.2) is 11.6 Å². The van der Waals surface area contributed by atoms with Crippen LogP contribution in [-0.2, 0) is 14.4 Å². The molecule has 4 aliphatic rings. The van der Waals surface area contributed by atoms with E-state index in [2.05, 4.69) is 6.92 Å². The summed E-state index contributed by atoms with van der Waals surface area (Å²) in [5.41, 5.74) is -0.477. The van der Waals surface area contributed by atoms with Gasteiger partial charge in [-0.15, -0.1) is 0 Å². The Bertz CT molecular complexity index is 1090. The molecule has 0 amide bonds. The third kappa shape index (κ3) is 3.82. The van der Waals surface area contributed by atoms with E-state index in [-0.39, 0.29) is 36.2 Å². The largest absolute Gasteiger partial charge is 0.481 e. The molecule has 37 heavy (non-hydrogen) atoms. The molecule has 4 rings (SSSR count). The minimum absolute atomic E-state index is 0.00820. The third-order valence-corrected chi connectivity index (χ3v) is 11.4. The number of aliphatic carboxylic acids is 1. The molecule has 7 heteroatoms. The lowest BCUT2D eigenvalue weighted by Crippen LogP contribution is -2.60. The van der Waals surface area contributed by atoms with Gasteiger partial charge in [-0.05, 0) is 72.3 Å². The number of allylic oxidation sites excluding steroid dienone is 3. The number of aliphatic hydroxyl groups excluding tert-OH is 3. The molecule has 0 aromatic rings. The molecule has 0 saturated heterocycles. The summed E-state index contributed by atoms with van der Waals surface area (Å²) in [6, 6.07) is 0. The molecule has 2 saturated carbocycles. The van der Waals surface area contributed by atoms with Crippen LogP contribution in [0.25, 0.3) is 0 Å². The molecule has 9 unspecified atom stereocenters. The van der Waals surface area contributed by atoms with Gasteiger partial charge in [0, 0.05) is 23.8 Å². The van der Waals surface area contributed by atoms with Gasteiger partial charge in [0.1, 0.15) is 0 Å². The van der Waals surface area contributed by atoms with Crippen LogP contribution in [0.3, 0.4) is 0 Å². The van der Waals surface area contributed by atoms with Gasteiger partial charge in [-0.1, -0.05) is 47.1 Å². The van der Waals surface area contributed by atoms with E-state index in [0.29, 0.717) is 36.8 Å². The van der Waals surface area contributed by atoms with Crippen molar-refractivity contribution in [2.24, 2.45) is 39.4 Å². The predicted molar refractivity (Wildman–Crippen MR) is 138 cm³/mol. The number of fused-ring (bicyclic) bond motifs is 4. The molecule has 206 valence electrons. The Hall–Kier alpha value is -1.83.